The number of halogens is 1. The molecule has 2 rings (SSSR count). The third kappa shape index (κ3) is 3.38. The third-order valence-corrected chi connectivity index (χ3v) is 3.27. The van der Waals surface area contributed by atoms with Crippen molar-refractivity contribution in [3.63, 3.8) is 0 Å². The highest BCUT2D eigenvalue weighted by Crippen LogP contribution is 2.27. The summed E-state index contributed by atoms with van der Waals surface area (Å²) in [5.74, 6) is -0.361. The number of benzene rings is 1. The van der Waals surface area contributed by atoms with Gasteiger partial charge in [0.25, 0.3) is 5.69 Å². The minimum Gasteiger partial charge on any atom is -0.323 e. The van der Waals surface area contributed by atoms with Gasteiger partial charge >= 0.3 is 0 Å². The number of amides is 1. The average molecular weight is 309 g/mol. The van der Waals surface area contributed by atoms with E-state index in [-0.39, 0.29) is 22.3 Å². The number of carbonyl (C=O) groups is 1. The number of nitro benzene ring substituents is 1. The maximum atomic E-state index is 12.2. The van der Waals surface area contributed by atoms with Gasteiger partial charge in [-0.2, -0.15) is 5.10 Å². The zero-order valence-corrected chi connectivity index (χ0v) is 12.2. The second kappa shape index (κ2) is 5.92. The van der Waals surface area contributed by atoms with Crippen LogP contribution in [0.4, 0.5) is 11.4 Å². The number of hydrogen-bond donors (Lipinski definition) is 1. The quantitative estimate of drug-likeness (QED) is 0.694. The fourth-order valence-electron chi connectivity index (χ4n) is 1.73. The molecule has 0 spiro atoms. The predicted molar refractivity (Wildman–Crippen MR) is 78.4 cm³/mol. The molecule has 21 heavy (non-hydrogen) atoms. The maximum Gasteiger partial charge on any atom is 0.271 e. The minimum absolute atomic E-state index is 0.141. The van der Waals surface area contributed by atoms with Crippen molar-refractivity contribution in [1.82, 2.24) is 9.78 Å². The third-order valence-electron chi connectivity index (χ3n) is 2.94. The Bertz CT molecular complexity index is 698. The topological polar surface area (TPSA) is 90.1 Å². The lowest BCUT2D eigenvalue weighted by atomic mass is 10.2. The second-order valence-corrected chi connectivity index (χ2v) is 4.93. The van der Waals surface area contributed by atoms with Crippen molar-refractivity contribution in [2.75, 3.05) is 5.32 Å². The van der Waals surface area contributed by atoms with Gasteiger partial charge in [-0.25, -0.2) is 0 Å². The molecule has 2 aromatic rings. The molecule has 7 nitrogen and oxygen atoms in total. The molecule has 110 valence electrons. The fourth-order valence-corrected chi connectivity index (χ4v) is 1.89. The van der Waals surface area contributed by atoms with Gasteiger partial charge in [0.1, 0.15) is 6.04 Å². The van der Waals surface area contributed by atoms with E-state index in [0.29, 0.717) is 0 Å². The first-order chi connectivity index (χ1) is 9.88. The molecule has 0 saturated carbocycles. The van der Waals surface area contributed by atoms with Gasteiger partial charge in [0, 0.05) is 18.3 Å². The lowest BCUT2D eigenvalue weighted by molar-refractivity contribution is -0.384. The molecular weight excluding hydrogens is 296 g/mol. The summed E-state index contributed by atoms with van der Waals surface area (Å²) in [6, 6.07) is 5.09. The normalized spacial score (nSPS) is 12.0. The summed E-state index contributed by atoms with van der Waals surface area (Å²) in [4.78, 5) is 22.3. The highest BCUT2D eigenvalue weighted by Gasteiger charge is 2.18. The van der Waals surface area contributed by atoms with Crippen molar-refractivity contribution in [2.24, 2.45) is 0 Å². The fraction of sp³-hybridized carbons (Fsp3) is 0.231. The maximum absolute atomic E-state index is 12.2. The number of non-ortho nitro benzene ring substituents is 1. The van der Waals surface area contributed by atoms with Crippen LogP contribution in [0.15, 0.2) is 30.5 Å². The van der Waals surface area contributed by atoms with Crippen LogP contribution < -0.4 is 5.32 Å². The van der Waals surface area contributed by atoms with Crippen molar-refractivity contribution < 1.29 is 9.72 Å². The van der Waals surface area contributed by atoms with Crippen LogP contribution in [0.2, 0.25) is 5.02 Å². The van der Waals surface area contributed by atoms with E-state index in [9.17, 15) is 14.9 Å². The highest BCUT2D eigenvalue weighted by atomic mass is 35.5. The zero-order chi connectivity index (χ0) is 15.6. The number of nitrogens with zero attached hydrogens (tertiary/aromatic N) is 3. The molecule has 1 atom stereocenters. The largest absolute Gasteiger partial charge is 0.323 e. The highest BCUT2D eigenvalue weighted by molar-refractivity contribution is 6.33. The van der Waals surface area contributed by atoms with Gasteiger partial charge in [-0.1, -0.05) is 11.6 Å². The molecule has 0 aliphatic heterocycles. The Balaban J connectivity index is 2.19. The van der Waals surface area contributed by atoms with Crippen LogP contribution in [0.3, 0.4) is 0 Å². The molecule has 8 heteroatoms. The lowest BCUT2D eigenvalue weighted by Crippen LogP contribution is -2.24. The van der Waals surface area contributed by atoms with Crippen molar-refractivity contribution in [3.8, 4) is 0 Å². The van der Waals surface area contributed by atoms with Crippen molar-refractivity contribution in [1.29, 1.82) is 0 Å². The Kier molecular flexibility index (Phi) is 4.23. The number of nitrogens with one attached hydrogen (secondary N) is 1. The Hall–Kier alpha value is -2.41. The van der Waals surface area contributed by atoms with E-state index in [2.05, 4.69) is 10.4 Å². The average Bonchev–Trinajstić information content (AvgIpc) is 2.86. The Morgan fingerprint density at radius 1 is 1.48 bits per heavy atom. The summed E-state index contributed by atoms with van der Waals surface area (Å²) in [6.07, 6.45) is 1.69. The number of aryl methyl sites for hydroxylation is 1. The van der Waals surface area contributed by atoms with Crippen LogP contribution in [0.1, 0.15) is 18.7 Å². The van der Waals surface area contributed by atoms with Gasteiger partial charge in [0.2, 0.25) is 5.91 Å². The first-order valence-electron chi connectivity index (χ1n) is 6.15. The molecule has 1 heterocycles. The molecule has 1 amide bonds. The zero-order valence-electron chi connectivity index (χ0n) is 11.4. The van der Waals surface area contributed by atoms with Crippen LogP contribution >= 0.6 is 11.6 Å². The van der Waals surface area contributed by atoms with Crippen LogP contribution in [0.5, 0.6) is 0 Å². The summed E-state index contributed by atoms with van der Waals surface area (Å²) < 4.78 is 1.51. The van der Waals surface area contributed by atoms with E-state index in [1.165, 1.54) is 22.9 Å². The summed E-state index contributed by atoms with van der Waals surface area (Å²) in [6.45, 7) is 3.49. The predicted octanol–water partition coefficient (Wildman–Crippen LogP) is 2.95. The molecule has 1 N–H and O–H groups in total. The van der Waals surface area contributed by atoms with Gasteiger partial charge in [0.15, 0.2) is 0 Å². The second-order valence-electron chi connectivity index (χ2n) is 4.52. The van der Waals surface area contributed by atoms with Crippen molar-refractivity contribution >= 4 is 28.9 Å². The van der Waals surface area contributed by atoms with E-state index < -0.39 is 11.0 Å². The number of carbonyl (C=O) groups excluding carboxylic acids is 1. The number of hydrogen-bond acceptors (Lipinski definition) is 4. The molecule has 0 aliphatic carbocycles. The lowest BCUT2D eigenvalue weighted by Gasteiger charge is -2.13. The number of aromatic nitrogens is 2. The number of rotatable bonds is 4. The van der Waals surface area contributed by atoms with Gasteiger partial charge in [-0.3, -0.25) is 19.6 Å². The van der Waals surface area contributed by atoms with Crippen LogP contribution in [0, 0.1) is 17.0 Å². The van der Waals surface area contributed by atoms with Crippen LogP contribution in [0.25, 0.3) is 0 Å². The summed E-state index contributed by atoms with van der Waals surface area (Å²) in [5, 5.41) is 17.7. The summed E-state index contributed by atoms with van der Waals surface area (Å²) in [5.41, 5.74) is 0.854. The van der Waals surface area contributed by atoms with Gasteiger partial charge < -0.3 is 5.32 Å². The Morgan fingerprint density at radius 3 is 2.76 bits per heavy atom. The standard InChI is InChI=1S/C13H13ClN4O3/c1-8-5-6-17(16-8)9(2)13(19)15-12-7-10(18(20)21)3-4-11(12)14/h3-7,9H,1-2H3,(H,15,19). The van der Waals surface area contributed by atoms with Crippen LogP contribution in [-0.4, -0.2) is 20.6 Å². The monoisotopic (exact) mass is 308 g/mol. The Labute approximate surface area is 125 Å². The molecule has 1 aromatic heterocycles. The van der Waals surface area contributed by atoms with Crippen LogP contribution in [-0.2, 0) is 4.79 Å². The smallest absolute Gasteiger partial charge is 0.271 e. The van der Waals surface area contributed by atoms with Gasteiger partial charge in [0.05, 0.1) is 21.3 Å². The van der Waals surface area contributed by atoms with Crippen molar-refractivity contribution in [2.45, 2.75) is 19.9 Å². The Morgan fingerprint density at radius 2 is 2.19 bits per heavy atom. The molecular formula is C13H13ClN4O3. The van der Waals surface area contributed by atoms with E-state index in [4.69, 9.17) is 11.6 Å². The summed E-state index contributed by atoms with van der Waals surface area (Å²) >= 11 is 5.94. The van der Waals surface area contributed by atoms with Crippen molar-refractivity contribution in [3.05, 3.63) is 51.3 Å². The number of anilines is 1. The molecule has 0 bridgehead atoms. The molecule has 0 fully saturated rings. The number of nitro groups is 1. The first kappa shape index (κ1) is 15.0. The summed E-state index contributed by atoms with van der Waals surface area (Å²) in [7, 11) is 0. The minimum atomic E-state index is -0.561. The molecule has 1 unspecified atom stereocenters. The molecule has 0 saturated heterocycles. The molecule has 0 radical (unpaired) electrons. The van der Waals surface area contributed by atoms with E-state index in [1.54, 1.807) is 19.2 Å². The van der Waals surface area contributed by atoms with E-state index >= 15 is 0 Å². The molecule has 1 aromatic carbocycles. The SMILES string of the molecule is Cc1ccn(C(C)C(=O)Nc2cc([N+](=O)[O-])ccc2Cl)n1. The van der Waals surface area contributed by atoms with Gasteiger partial charge in [-0.05, 0) is 26.0 Å². The van der Waals surface area contributed by atoms with E-state index in [1.807, 2.05) is 6.92 Å². The van der Waals surface area contributed by atoms with Gasteiger partial charge in [-0.15, -0.1) is 0 Å². The molecule has 0 aliphatic rings. The van der Waals surface area contributed by atoms with E-state index in [0.717, 1.165) is 5.69 Å². The first-order valence-corrected chi connectivity index (χ1v) is 6.53.